The standard InChI is InChI=1S/C20H28O4Si/c1-10(2)25(11(3)4,12(5)6)18-16-19-23-8-13-7-14(21)15(17(18)22)20(13,16)9-24-19/h7,10-12,15,19H,8-9H2,1-6H3/t15-,19-,20-/m1/s1. The molecule has 2 bridgehead atoms. The normalized spacial score (nSPS) is 34.0. The van der Waals surface area contributed by atoms with Crippen LogP contribution in [0.3, 0.4) is 0 Å². The fourth-order valence-electron chi connectivity index (χ4n) is 6.65. The lowest BCUT2D eigenvalue weighted by Gasteiger charge is -2.45. The smallest absolute Gasteiger partial charge is 0.181 e. The SMILES string of the molecule is CC(C)[Si](C1=C2[C@@H]3OCC4=CC(=O)[C@H](C1=O)[C@@]42CO3)(C(C)C)C(C)C. The highest BCUT2D eigenvalue weighted by atomic mass is 28.3. The van der Waals surface area contributed by atoms with E-state index in [0.29, 0.717) is 29.8 Å². The van der Waals surface area contributed by atoms with Crippen LogP contribution in [0.25, 0.3) is 0 Å². The molecule has 4 rings (SSSR count). The molecule has 0 aromatic rings. The van der Waals surface area contributed by atoms with Gasteiger partial charge >= 0.3 is 0 Å². The number of hydrogen-bond acceptors (Lipinski definition) is 4. The quantitative estimate of drug-likeness (QED) is 0.568. The van der Waals surface area contributed by atoms with Gasteiger partial charge in [-0.2, -0.15) is 0 Å². The van der Waals surface area contributed by atoms with Crippen LogP contribution in [0.15, 0.2) is 22.4 Å². The second kappa shape index (κ2) is 5.24. The van der Waals surface area contributed by atoms with Gasteiger partial charge < -0.3 is 9.47 Å². The van der Waals surface area contributed by atoms with Crippen molar-refractivity contribution in [1.82, 2.24) is 0 Å². The lowest BCUT2D eigenvalue weighted by Crippen LogP contribution is -2.50. The molecule has 136 valence electrons. The van der Waals surface area contributed by atoms with Crippen LogP contribution in [0.4, 0.5) is 0 Å². The van der Waals surface area contributed by atoms with Crippen LogP contribution < -0.4 is 0 Å². The van der Waals surface area contributed by atoms with Crippen molar-refractivity contribution >= 4 is 19.6 Å². The first-order valence-corrected chi connectivity index (χ1v) is 11.7. The van der Waals surface area contributed by atoms with Crippen LogP contribution in [0.1, 0.15) is 41.5 Å². The number of ether oxygens (including phenoxy) is 2. The lowest BCUT2D eigenvalue weighted by molar-refractivity contribution is -0.129. The van der Waals surface area contributed by atoms with Gasteiger partial charge in [0.1, 0.15) is 0 Å². The summed E-state index contributed by atoms with van der Waals surface area (Å²) in [5, 5.41) is 0.985. The minimum atomic E-state index is -2.19. The Bertz CT molecular complexity index is 708. The van der Waals surface area contributed by atoms with E-state index >= 15 is 0 Å². The van der Waals surface area contributed by atoms with Crippen LogP contribution in [0, 0.1) is 11.3 Å². The van der Waals surface area contributed by atoms with Gasteiger partial charge in [-0.05, 0) is 33.5 Å². The third-order valence-corrected chi connectivity index (χ3v) is 14.4. The van der Waals surface area contributed by atoms with Crippen LogP contribution in [-0.2, 0) is 19.1 Å². The van der Waals surface area contributed by atoms with Crippen molar-refractivity contribution in [2.45, 2.75) is 64.5 Å². The Hall–Kier alpha value is -1.04. The van der Waals surface area contributed by atoms with Crippen molar-refractivity contribution in [2.75, 3.05) is 13.2 Å². The number of hydrogen-bond donors (Lipinski definition) is 0. The van der Waals surface area contributed by atoms with Crippen LogP contribution in [0.5, 0.6) is 0 Å². The molecular weight excluding hydrogens is 332 g/mol. The minimum Gasteiger partial charge on any atom is -0.347 e. The maximum absolute atomic E-state index is 13.7. The molecule has 0 amide bonds. The van der Waals surface area contributed by atoms with Crippen LogP contribution in [-0.4, -0.2) is 39.1 Å². The highest BCUT2D eigenvalue weighted by Crippen LogP contribution is 2.65. The summed E-state index contributed by atoms with van der Waals surface area (Å²) in [5.74, 6) is -0.529. The number of Topliss-reactive ketones (excluding diaryl/α,β-unsaturated/α-hetero) is 1. The minimum absolute atomic E-state index is 0.0404. The maximum Gasteiger partial charge on any atom is 0.181 e. The molecule has 3 atom stereocenters. The van der Waals surface area contributed by atoms with Gasteiger partial charge in [0.25, 0.3) is 0 Å². The van der Waals surface area contributed by atoms with Gasteiger partial charge in [0.05, 0.1) is 32.6 Å². The first-order valence-electron chi connectivity index (χ1n) is 9.48. The van der Waals surface area contributed by atoms with Crippen molar-refractivity contribution in [3.8, 4) is 0 Å². The Morgan fingerprint density at radius 1 is 1.04 bits per heavy atom. The molecule has 0 unspecified atom stereocenters. The zero-order valence-electron chi connectivity index (χ0n) is 16.0. The molecule has 0 aromatic heterocycles. The molecule has 2 fully saturated rings. The maximum atomic E-state index is 13.7. The molecule has 1 spiro atoms. The molecule has 2 aliphatic heterocycles. The van der Waals surface area contributed by atoms with Gasteiger partial charge in [0.2, 0.25) is 0 Å². The molecule has 0 radical (unpaired) electrons. The fraction of sp³-hybridized carbons (Fsp3) is 0.700. The first-order chi connectivity index (χ1) is 11.7. The predicted molar refractivity (Wildman–Crippen MR) is 97.8 cm³/mol. The molecule has 0 saturated carbocycles. The number of rotatable bonds is 4. The Morgan fingerprint density at radius 3 is 2.20 bits per heavy atom. The van der Waals surface area contributed by atoms with Crippen molar-refractivity contribution in [1.29, 1.82) is 0 Å². The third-order valence-electron chi connectivity index (χ3n) is 7.31. The van der Waals surface area contributed by atoms with Gasteiger partial charge in [0.15, 0.2) is 17.9 Å². The molecule has 0 N–H and O–H groups in total. The van der Waals surface area contributed by atoms with Gasteiger partial charge in [0, 0.05) is 5.57 Å². The van der Waals surface area contributed by atoms with E-state index in [1.165, 1.54) is 0 Å². The van der Waals surface area contributed by atoms with E-state index in [4.69, 9.17) is 9.47 Å². The summed E-state index contributed by atoms with van der Waals surface area (Å²) in [6.45, 7) is 14.4. The number of carbonyl (C=O) groups excluding carboxylic acids is 2. The summed E-state index contributed by atoms with van der Waals surface area (Å²) in [4.78, 5) is 26.5. The van der Waals surface area contributed by atoms with Crippen LogP contribution in [0.2, 0.25) is 16.6 Å². The topological polar surface area (TPSA) is 52.6 Å². The summed E-state index contributed by atoms with van der Waals surface area (Å²) >= 11 is 0. The van der Waals surface area contributed by atoms with Crippen LogP contribution >= 0.6 is 0 Å². The lowest BCUT2D eigenvalue weighted by atomic mass is 9.72. The highest BCUT2D eigenvalue weighted by Gasteiger charge is 2.71. The Kier molecular flexibility index (Phi) is 3.64. The second-order valence-electron chi connectivity index (χ2n) is 8.98. The van der Waals surface area contributed by atoms with Gasteiger partial charge in [-0.3, -0.25) is 9.59 Å². The third kappa shape index (κ3) is 1.75. The monoisotopic (exact) mass is 360 g/mol. The number of allylic oxidation sites excluding steroid dienone is 2. The van der Waals surface area contributed by atoms with E-state index in [2.05, 4.69) is 41.5 Å². The zero-order valence-corrected chi connectivity index (χ0v) is 17.0. The van der Waals surface area contributed by atoms with Crippen molar-refractivity contribution in [2.24, 2.45) is 11.3 Å². The Labute approximate surface area is 150 Å². The Balaban J connectivity index is 2.05. The second-order valence-corrected chi connectivity index (χ2v) is 14.8. The van der Waals surface area contributed by atoms with E-state index in [1.807, 2.05) is 0 Å². The molecule has 0 aromatic carbocycles. The summed E-state index contributed by atoms with van der Waals surface area (Å²) in [7, 11) is -2.19. The molecule has 25 heavy (non-hydrogen) atoms. The number of ketones is 2. The van der Waals surface area contributed by atoms with Gasteiger partial charge in [-0.15, -0.1) is 0 Å². The van der Waals surface area contributed by atoms with Crippen molar-refractivity contribution in [3.05, 3.63) is 22.4 Å². The molecule has 4 nitrogen and oxygen atoms in total. The van der Waals surface area contributed by atoms with Gasteiger partial charge in [-0.25, -0.2) is 0 Å². The van der Waals surface area contributed by atoms with E-state index in [1.54, 1.807) is 6.08 Å². The molecule has 2 heterocycles. The summed E-state index contributed by atoms with van der Waals surface area (Å²) in [5.41, 5.74) is 2.74. The largest absolute Gasteiger partial charge is 0.347 e. The fourth-order valence-corrected chi connectivity index (χ4v) is 13.8. The highest BCUT2D eigenvalue weighted by molar-refractivity contribution is 6.94. The average Bonchev–Trinajstić information content (AvgIpc) is 3.04. The molecule has 4 aliphatic rings. The molecule has 2 saturated heterocycles. The average molecular weight is 361 g/mol. The van der Waals surface area contributed by atoms with E-state index < -0.39 is 25.7 Å². The first kappa shape index (κ1) is 17.4. The molecule has 5 heteroatoms. The Morgan fingerprint density at radius 2 is 1.64 bits per heavy atom. The summed E-state index contributed by atoms with van der Waals surface area (Å²) in [6.07, 6.45) is 1.23. The molecular formula is C20H28O4Si. The summed E-state index contributed by atoms with van der Waals surface area (Å²) < 4.78 is 11.9. The number of carbonyl (C=O) groups is 2. The zero-order chi connectivity index (χ0) is 18.3. The van der Waals surface area contributed by atoms with Crippen molar-refractivity contribution in [3.63, 3.8) is 0 Å². The predicted octanol–water partition coefficient (Wildman–Crippen LogP) is 3.58. The van der Waals surface area contributed by atoms with E-state index in [9.17, 15) is 9.59 Å². The van der Waals surface area contributed by atoms with E-state index in [0.717, 1.165) is 16.3 Å². The van der Waals surface area contributed by atoms with E-state index in [-0.39, 0.29) is 11.6 Å². The molecule has 2 aliphatic carbocycles. The van der Waals surface area contributed by atoms with Gasteiger partial charge in [-0.1, -0.05) is 41.5 Å². The summed E-state index contributed by atoms with van der Waals surface area (Å²) in [6, 6.07) is 0. The van der Waals surface area contributed by atoms with Crippen molar-refractivity contribution < 1.29 is 19.1 Å².